The monoisotopic (exact) mass is 277 g/mol. The van der Waals surface area contributed by atoms with Crippen molar-refractivity contribution in [3.63, 3.8) is 0 Å². The summed E-state index contributed by atoms with van der Waals surface area (Å²) in [5.41, 5.74) is 2.17. The summed E-state index contributed by atoms with van der Waals surface area (Å²) >= 11 is 1.90. The number of hydrogen-bond donors (Lipinski definition) is 0. The first-order valence-corrected chi connectivity index (χ1v) is 4.79. The highest BCUT2D eigenvalue weighted by Crippen LogP contribution is 2.29. The Labute approximate surface area is 87.0 Å². The fraction of sp³-hybridized carbons (Fsp3) is 0.444. The van der Waals surface area contributed by atoms with E-state index >= 15 is 0 Å². The van der Waals surface area contributed by atoms with Crippen molar-refractivity contribution >= 4 is 23.0 Å². The Morgan fingerprint density at radius 3 is 2.58 bits per heavy atom. The Kier molecular flexibility index (Phi) is 3.31. The number of nitrogens with zero attached hydrogens (tertiary/aromatic N) is 1. The van der Waals surface area contributed by atoms with Gasteiger partial charge in [0.25, 0.3) is 0 Å². The molecule has 12 heavy (non-hydrogen) atoms. The van der Waals surface area contributed by atoms with E-state index in [9.17, 15) is 0 Å². The second-order valence-electron chi connectivity index (χ2n) is 3.05. The van der Waals surface area contributed by atoms with Crippen LogP contribution in [0.25, 0.3) is 0 Å². The fourth-order valence-electron chi connectivity index (χ4n) is 1.13. The average molecular weight is 277 g/mol. The second kappa shape index (κ2) is 4.07. The third-order valence-electron chi connectivity index (χ3n) is 1.81. The Morgan fingerprint density at radius 2 is 2.17 bits per heavy atom. The van der Waals surface area contributed by atoms with E-state index in [2.05, 4.69) is 18.8 Å². The molecule has 1 heterocycles. The molecule has 0 radical (unpaired) electrons. The molecule has 0 saturated carbocycles. The molecule has 0 aromatic carbocycles. The molecular formula is C9H12INO. The lowest BCUT2D eigenvalue weighted by Gasteiger charge is -2.11. The summed E-state index contributed by atoms with van der Waals surface area (Å²) in [4.78, 5) is 4.16. The van der Waals surface area contributed by atoms with Gasteiger partial charge in [-0.05, 0) is 18.9 Å². The third-order valence-corrected chi connectivity index (χ3v) is 2.25. The van der Waals surface area contributed by atoms with Gasteiger partial charge in [-0.1, -0.05) is 13.8 Å². The molecule has 0 unspecified atom stereocenters. The van der Waals surface area contributed by atoms with Gasteiger partial charge in [0.1, 0.15) is 0 Å². The summed E-state index contributed by atoms with van der Waals surface area (Å²) in [6.07, 6.45) is 1.82. The summed E-state index contributed by atoms with van der Waals surface area (Å²) in [5.74, 6) is 1.39. The van der Waals surface area contributed by atoms with Crippen molar-refractivity contribution in [1.82, 2.24) is 4.98 Å². The van der Waals surface area contributed by atoms with E-state index in [-0.39, 0.29) is 0 Å². The lowest BCUT2D eigenvalue weighted by atomic mass is 10.0. The quantitative estimate of drug-likeness (QED) is 0.774. The van der Waals surface area contributed by atoms with Crippen molar-refractivity contribution in [2.45, 2.75) is 26.7 Å². The predicted octanol–water partition coefficient (Wildman–Crippen LogP) is 3.24. The van der Waals surface area contributed by atoms with Crippen LogP contribution in [-0.4, -0.2) is 4.98 Å². The van der Waals surface area contributed by atoms with E-state index in [0.717, 1.165) is 11.4 Å². The van der Waals surface area contributed by atoms with E-state index in [1.165, 1.54) is 5.56 Å². The van der Waals surface area contributed by atoms with Crippen LogP contribution in [0.2, 0.25) is 0 Å². The molecule has 0 aliphatic carbocycles. The van der Waals surface area contributed by atoms with Crippen LogP contribution in [0.5, 0.6) is 5.75 Å². The Balaban J connectivity index is 3.18. The zero-order valence-corrected chi connectivity index (χ0v) is 9.62. The maximum absolute atomic E-state index is 5.24. The van der Waals surface area contributed by atoms with Crippen LogP contribution >= 0.6 is 23.0 Å². The number of pyridine rings is 1. The number of halogens is 1. The molecule has 1 rings (SSSR count). The molecule has 1 aromatic rings. The molecule has 0 amide bonds. The van der Waals surface area contributed by atoms with Crippen molar-refractivity contribution < 1.29 is 3.07 Å². The molecule has 1 aromatic heterocycles. The van der Waals surface area contributed by atoms with Gasteiger partial charge in [-0.15, -0.1) is 0 Å². The van der Waals surface area contributed by atoms with Gasteiger partial charge in [0.05, 0.1) is 5.69 Å². The number of hydrogen-bond acceptors (Lipinski definition) is 2. The Bertz CT molecular complexity index is 273. The first-order chi connectivity index (χ1) is 5.66. The third kappa shape index (κ3) is 1.88. The van der Waals surface area contributed by atoms with Crippen LogP contribution in [0.4, 0.5) is 0 Å². The molecule has 66 valence electrons. The highest BCUT2D eigenvalue weighted by Gasteiger charge is 2.09. The minimum absolute atomic E-state index is 0.483. The highest BCUT2D eigenvalue weighted by molar-refractivity contribution is 14.1. The summed E-state index contributed by atoms with van der Waals surface area (Å²) in [5, 5.41) is 0. The van der Waals surface area contributed by atoms with Crippen LogP contribution in [0.1, 0.15) is 31.0 Å². The van der Waals surface area contributed by atoms with Crippen LogP contribution in [0.3, 0.4) is 0 Å². The van der Waals surface area contributed by atoms with Gasteiger partial charge in [0.2, 0.25) is 0 Å². The van der Waals surface area contributed by atoms with Gasteiger partial charge >= 0.3 is 0 Å². The molecule has 3 heteroatoms. The maximum atomic E-state index is 5.24. The first-order valence-electron chi connectivity index (χ1n) is 3.91. The van der Waals surface area contributed by atoms with E-state index in [1.807, 2.05) is 42.2 Å². The summed E-state index contributed by atoms with van der Waals surface area (Å²) in [7, 11) is 0. The van der Waals surface area contributed by atoms with Crippen LogP contribution in [0.15, 0.2) is 12.3 Å². The van der Waals surface area contributed by atoms with Crippen LogP contribution in [0, 0.1) is 6.92 Å². The summed E-state index contributed by atoms with van der Waals surface area (Å²) in [6.45, 7) is 6.25. The number of rotatable bonds is 2. The van der Waals surface area contributed by atoms with Gasteiger partial charge < -0.3 is 3.07 Å². The van der Waals surface area contributed by atoms with Gasteiger partial charge in [0.15, 0.2) is 28.8 Å². The van der Waals surface area contributed by atoms with E-state index in [1.54, 1.807) is 0 Å². The predicted molar refractivity (Wildman–Crippen MR) is 57.7 cm³/mol. The zero-order valence-electron chi connectivity index (χ0n) is 7.47. The molecular weight excluding hydrogens is 265 g/mol. The molecule has 0 aliphatic heterocycles. The molecule has 0 N–H and O–H groups in total. The van der Waals surface area contributed by atoms with Gasteiger partial charge in [-0.2, -0.15) is 0 Å². The number of aromatic nitrogens is 1. The SMILES string of the molecule is Cc1nccc(C(C)C)c1OI. The molecule has 0 aliphatic rings. The van der Waals surface area contributed by atoms with E-state index in [0.29, 0.717) is 5.92 Å². The lowest BCUT2D eigenvalue weighted by molar-refractivity contribution is 0.669. The molecule has 0 bridgehead atoms. The molecule has 0 saturated heterocycles. The molecule has 0 atom stereocenters. The van der Waals surface area contributed by atoms with Crippen LogP contribution in [-0.2, 0) is 0 Å². The smallest absolute Gasteiger partial charge is 0.192 e. The van der Waals surface area contributed by atoms with Crippen molar-refractivity contribution in [2.75, 3.05) is 0 Å². The molecule has 0 spiro atoms. The van der Waals surface area contributed by atoms with E-state index in [4.69, 9.17) is 3.07 Å². The Hall–Kier alpha value is -0.320. The number of aryl methyl sites for hydroxylation is 1. The van der Waals surface area contributed by atoms with Crippen molar-refractivity contribution in [3.8, 4) is 5.75 Å². The second-order valence-corrected chi connectivity index (χ2v) is 3.49. The highest BCUT2D eigenvalue weighted by atomic mass is 127. The van der Waals surface area contributed by atoms with Crippen molar-refractivity contribution in [1.29, 1.82) is 0 Å². The van der Waals surface area contributed by atoms with Gasteiger partial charge in [-0.3, -0.25) is 4.98 Å². The fourth-order valence-corrected chi connectivity index (χ4v) is 1.70. The minimum atomic E-state index is 0.483. The normalized spacial score (nSPS) is 10.4. The minimum Gasteiger partial charge on any atom is -0.425 e. The zero-order chi connectivity index (χ0) is 9.14. The molecule has 2 nitrogen and oxygen atoms in total. The van der Waals surface area contributed by atoms with Crippen molar-refractivity contribution in [3.05, 3.63) is 23.5 Å². The lowest BCUT2D eigenvalue weighted by Crippen LogP contribution is -1.95. The van der Waals surface area contributed by atoms with Crippen LogP contribution < -0.4 is 3.07 Å². The first kappa shape index (κ1) is 9.77. The average Bonchev–Trinajstić information content (AvgIpc) is 2.03. The maximum Gasteiger partial charge on any atom is 0.192 e. The summed E-state index contributed by atoms with van der Waals surface area (Å²) < 4.78 is 5.24. The largest absolute Gasteiger partial charge is 0.425 e. The van der Waals surface area contributed by atoms with Gasteiger partial charge in [0, 0.05) is 11.8 Å². The van der Waals surface area contributed by atoms with Gasteiger partial charge in [-0.25, -0.2) is 0 Å². The standard InChI is InChI=1S/C9H12INO/c1-6(2)8-4-5-11-7(3)9(8)12-10/h4-6H,1-3H3. The Morgan fingerprint density at radius 1 is 1.50 bits per heavy atom. The molecule has 0 fully saturated rings. The topological polar surface area (TPSA) is 22.1 Å². The summed E-state index contributed by atoms with van der Waals surface area (Å²) in [6, 6.07) is 2.01. The van der Waals surface area contributed by atoms with Crippen molar-refractivity contribution in [2.24, 2.45) is 0 Å². The van der Waals surface area contributed by atoms with E-state index < -0.39 is 0 Å².